The largest absolute Gasteiger partial charge is 0.472 e. The van der Waals surface area contributed by atoms with E-state index in [9.17, 15) is 19.0 Å². The second-order valence-electron chi connectivity index (χ2n) is 27.0. The number of nitrogens with zero attached hydrogens (tertiary/aromatic N) is 1. The lowest BCUT2D eigenvalue weighted by atomic mass is 10.0. The number of quaternary nitrogens is 1. The van der Waals surface area contributed by atoms with Crippen LogP contribution < -0.4 is 0 Å². The number of carbonyl (C=O) groups is 2. The highest BCUT2D eigenvalue weighted by molar-refractivity contribution is 7.47. The summed E-state index contributed by atoms with van der Waals surface area (Å²) in [6.45, 7) is 4.36. The van der Waals surface area contributed by atoms with Crippen LogP contribution in [0.2, 0.25) is 0 Å². The number of carbonyl (C=O) groups excluding carboxylic acids is 2. The van der Waals surface area contributed by atoms with E-state index in [0.717, 1.165) is 70.6 Å². The molecule has 0 aliphatic rings. The standard InChI is InChI=1S/C80H146NO8P/c1-6-8-10-12-14-16-18-20-22-24-26-28-30-32-34-35-36-37-38-39-40-41-42-43-44-45-47-49-51-53-55-57-59-61-63-65-67-69-71-73-80(83)89-78(77-88-90(84,85)87-75-74-81(3,4)5)76-86-79(82)72-70-68-66-64-62-60-58-56-54-52-50-48-46-33-31-29-27-25-23-21-19-17-15-13-11-9-7-2/h8,10,14,16,19-22,25-28,31,33,78H,6-7,9,11-13,15,17-18,23-24,29-30,32,34-77H2,1-5H3/p+1/b10-8-,16-14-,21-19-,22-20-,27-25-,28-26-,33-31-. The van der Waals surface area contributed by atoms with Crippen molar-refractivity contribution in [3.8, 4) is 0 Å². The number of hydrogen-bond donors (Lipinski definition) is 1. The predicted molar refractivity (Wildman–Crippen MR) is 390 cm³/mol. The lowest BCUT2D eigenvalue weighted by Crippen LogP contribution is -2.37. The molecule has 0 aromatic heterocycles. The van der Waals surface area contributed by atoms with Crippen molar-refractivity contribution in [1.82, 2.24) is 0 Å². The average Bonchev–Trinajstić information content (AvgIpc) is 3.58. The van der Waals surface area contributed by atoms with Gasteiger partial charge in [-0.15, -0.1) is 0 Å². The van der Waals surface area contributed by atoms with Crippen LogP contribution in [0.3, 0.4) is 0 Å². The summed E-state index contributed by atoms with van der Waals surface area (Å²) in [4.78, 5) is 35.9. The smallest absolute Gasteiger partial charge is 0.462 e. The first-order valence-corrected chi connectivity index (χ1v) is 39.8. The summed E-state index contributed by atoms with van der Waals surface area (Å²) in [6.07, 6.45) is 97.2. The van der Waals surface area contributed by atoms with Crippen LogP contribution in [0.4, 0.5) is 0 Å². The van der Waals surface area contributed by atoms with Crippen molar-refractivity contribution in [2.45, 2.75) is 367 Å². The molecule has 2 atom stereocenters. The number of hydrogen-bond acceptors (Lipinski definition) is 7. The Morgan fingerprint density at radius 3 is 0.944 bits per heavy atom. The molecule has 524 valence electrons. The van der Waals surface area contributed by atoms with Gasteiger partial charge < -0.3 is 18.9 Å². The van der Waals surface area contributed by atoms with Gasteiger partial charge in [0.2, 0.25) is 0 Å². The molecule has 0 aliphatic heterocycles. The summed E-state index contributed by atoms with van der Waals surface area (Å²) in [7, 11) is 1.49. The number of ether oxygens (including phenoxy) is 2. The molecule has 0 fully saturated rings. The highest BCUT2D eigenvalue weighted by Crippen LogP contribution is 2.43. The summed E-state index contributed by atoms with van der Waals surface area (Å²) in [5, 5.41) is 0. The molecule has 0 aromatic carbocycles. The third-order valence-corrected chi connectivity index (χ3v) is 17.9. The zero-order chi connectivity index (χ0) is 65.5. The van der Waals surface area contributed by atoms with Crippen LogP contribution in [0.25, 0.3) is 0 Å². The molecule has 0 amide bonds. The Bertz CT molecular complexity index is 1800. The zero-order valence-corrected chi connectivity index (χ0v) is 60.8. The van der Waals surface area contributed by atoms with E-state index in [-0.39, 0.29) is 32.0 Å². The van der Waals surface area contributed by atoms with Crippen LogP contribution in [-0.4, -0.2) is 74.9 Å². The molecule has 0 saturated carbocycles. The SMILES string of the molecule is CC/C=C\C/C=C\C/C=C\C/C=C\CCCCCCCCCCCCCCCCCCCCCCCCCCCCC(=O)OC(COC(=O)CCCCCCCCCCCCCC/C=C\C/C=C\C/C=C\CCCCCCC)COP(=O)(O)OCC[N+](C)(C)C. The third kappa shape index (κ3) is 74.2. The van der Waals surface area contributed by atoms with Gasteiger partial charge in [0.15, 0.2) is 6.10 Å². The monoisotopic (exact) mass is 1280 g/mol. The predicted octanol–water partition coefficient (Wildman–Crippen LogP) is 25.3. The van der Waals surface area contributed by atoms with E-state index in [1.807, 2.05) is 21.1 Å². The van der Waals surface area contributed by atoms with Crippen LogP contribution in [-0.2, 0) is 32.7 Å². The van der Waals surface area contributed by atoms with Gasteiger partial charge in [-0.25, -0.2) is 4.57 Å². The fourth-order valence-electron chi connectivity index (χ4n) is 11.1. The molecular formula is C80H147NO8P+. The van der Waals surface area contributed by atoms with Gasteiger partial charge in [-0.3, -0.25) is 18.6 Å². The topological polar surface area (TPSA) is 108 Å². The molecule has 0 saturated heterocycles. The van der Waals surface area contributed by atoms with Gasteiger partial charge in [0, 0.05) is 12.8 Å². The Balaban J connectivity index is 3.94. The number of esters is 2. The Morgan fingerprint density at radius 1 is 0.356 bits per heavy atom. The normalized spacial score (nSPS) is 13.5. The lowest BCUT2D eigenvalue weighted by Gasteiger charge is -2.24. The number of rotatable bonds is 71. The van der Waals surface area contributed by atoms with E-state index in [2.05, 4.69) is 98.9 Å². The quantitative estimate of drug-likeness (QED) is 0.0211. The zero-order valence-electron chi connectivity index (χ0n) is 59.9. The molecule has 0 aliphatic carbocycles. The van der Waals surface area contributed by atoms with Crippen molar-refractivity contribution in [3.05, 3.63) is 85.1 Å². The van der Waals surface area contributed by atoms with Crippen LogP contribution >= 0.6 is 7.82 Å². The van der Waals surface area contributed by atoms with Gasteiger partial charge in [0.25, 0.3) is 0 Å². The maximum atomic E-state index is 12.9. The molecular weight excluding hydrogens is 1130 g/mol. The Kier molecular flexibility index (Phi) is 68.3. The minimum atomic E-state index is -4.40. The fourth-order valence-corrected chi connectivity index (χ4v) is 11.8. The number of phosphoric ester groups is 1. The van der Waals surface area contributed by atoms with E-state index < -0.39 is 26.5 Å². The molecule has 9 nitrogen and oxygen atoms in total. The van der Waals surface area contributed by atoms with E-state index >= 15 is 0 Å². The molecule has 1 N–H and O–H groups in total. The summed E-state index contributed by atoms with van der Waals surface area (Å²) in [5.41, 5.74) is 0. The molecule has 0 spiro atoms. The highest BCUT2D eigenvalue weighted by atomic mass is 31.2. The van der Waals surface area contributed by atoms with Crippen molar-refractivity contribution in [2.75, 3.05) is 47.5 Å². The van der Waals surface area contributed by atoms with Gasteiger partial charge in [-0.05, 0) is 89.9 Å². The van der Waals surface area contributed by atoms with Gasteiger partial charge >= 0.3 is 19.8 Å². The minimum Gasteiger partial charge on any atom is -0.462 e. The lowest BCUT2D eigenvalue weighted by molar-refractivity contribution is -0.870. The van der Waals surface area contributed by atoms with E-state index in [0.29, 0.717) is 17.4 Å². The minimum absolute atomic E-state index is 0.0315. The second kappa shape index (κ2) is 70.5. The summed E-state index contributed by atoms with van der Waals surface area (Å²) >= 11 is 0. The number of unbranched alkanes of at least 4 members (excludes halogenated alkanes) is 43. The first kappa shape index (κ1) is 87.2. The fraction of sp³-hybridized carbons (Fsp3) is 0.800. The van der Waals surface area contributed by atoms with Gasteiger partial charge in [0.05, 0.1) is 27.7 Å². The van der Waals surface area contributed by atoms with E-state index in [1.165, 1.54) is 257 Å². The summed E-state index contributed by atoms with van der Waals surface area (Å²) in [6, 6.07) is 0. The number of phosphoric acid groups is 1. The van der Waals surface area contributed by atoms with Crippen molar-refractivity contribution < 1.29 is 42.1 Å². The molecule has 0 rings (SSSR count). The Morgan fingerprint density at radius 2 is 0.633 bits per heavy atom. The van der Waals surface area contributed by atoms with Crippen LogP contribution in [0.5, 0.6) is 0 Å². The Labute approximate surface area is 558 Å². The number of allylic oxidation sites excluding steroid dienone is 14. The molecule has 0 aromatic rings. The van der Waals surface area contributed by atoms with Gasteiger partial charge in [-0.1, -0.05) is 343 Å². The second-order valence-corrected chi connectivity index (χ2v) is 28.5. The summed E-state index contributed by atoms with van der Waals surface area (Å²) in [5.74, 6) is -0.784. The third-order valence-electron chi connectivity index (χ3n) is 16.9. The van der Waals surface area contributed by atoms with Crippen molar-refractivity contribution >= 4 is 19.8 Å². The molecule has 0 heterocycles. The molecule has 0 bridgehead atoms. The molecule has 90 heavy (non-hydrogen) atoms. The average molecular weight is 1280 g/mol. The number of likely N-dealkylation sites (N-methyl/N-ethyl adjacent to an activating group) is 1. The van der Waals surface area contributed by atoms with Crippen LogP contribution in [0, 0.1) is 0 Å². The molecule has 10 heteroatoms. The summed E-state index contributed by atoms with van der Waals surface area (Å²) < 4.78 is 34.8. The molecule has 2 unspecified atom stereocenters. The van der Waals surface area contributed by atoms with E-state index in [1.54, 1.807) is 0 Å². The first-order valence-electron chi connectivity index (χ1n) is 38.3. The van der Waals surface area contributed by atoms with Gasteiger partial charge in [-0.2, -0.15) is 0 Å². The van der Waals surface area contributed by atoms with Crippen LogP contribution in [0.15, 0.2) is 85.1 Å². The highest BCUT2D eigenvalue weighted by Gasteiger charge is 2.27. The van der Waals surface area contributed by atoms with Gasteiger partial charge in [0.1, 0.15) is 19.8 Å². The maximum Gasteiger partial charge on any atom is 0.472 e. The van der Waals surface area contributed by atoms with Crippen molar-refractivity contribution in [3.63, 3.8) is 0 Å². The van der Waals surface area contributed by atoms with Crippen molar-refractivity contribution in [2.24, 2.45) is 0 Å². The maximum absolute atomic E-state index is 12.9. The van der Waals surface area contributed by atoms with Crippen molar-refractivity contribution in [1.29, 1.82) is 0 Å². The molecule has 0 radical (unpaired) electrons. The Hall–Kier alpha value is -2.81. The van der Waals surface area contributed by atoms with Crippen LogP contribution in [0.1, 0.15) is 361 Å². The first-order chi connectivity index (χ1) is 44.0. The van der Waals surface area contributed by atoms with E-state index in [4.69, 9.17) is 18.5 Å².